The van der Waals surface area contributed by atoms with Gasteiger partial charge in [0.05, 0.1) is 18.8 Å². The molecule has 0 fully saturated rings. The van der Waals surface area contributed by atoms with Gasteiger partial charge in [0.1, 0.15) is 11.8 Å². The number of primary amides is 1. The van der Waals surface area contributed by atoms with Gasteiger partial charge in [0.2, 0.25) is 11.8 Å². The van der Waals surface area contributed by atoms with E-state index in [-0.39, 0.29) is 5.91 Å². The van der Waals surface area contributed by atoms with Crippen molar-refractivity contribution >= 4 is 11.8 Å². The highest BCUT2D eigenvalue weighted by Crippen LogP contribution is 2.12. The van der Waals surface area contributed by atoms with E-state index in [9.17, 15) is 9.59 Å². The summed E-state index contributed by atoms with van der Waals surface area (Å²) >= 11 is 0. The largest absolute Gasteiger partial charge is 0.467 e. The maximum atomic E-state index is 12.1. The summed E-state index contributed by atoms with van der Waals surface area (Å²) in [7, 11) is 0. The van der Waals surface area contributed by atoms with Gasteiger partial charge in [0, 0.05) is 0 Å². The predicted octanol–water partition coefficient (Wildman–Crippen LogP) is 1.10. The summed E-state index contributed by atoms with van der Waals surface area (Å²) in [5.74, 6) is -0.106. The highest BCUT2D eigenvalue weighted by molar-refractivity contribution is 5.85. The minimum atomic E-state index is -0.717. The van der Waals surface area contributed by atoms with Gasteiger partial charge >= 0.3 is 0 Å². The molecule has 116 valence electrons. The number of furan rings is 1. The molecule has 6 heteroatoms. The molecule has 0 spiro atoms. The minimum absolute atomic E-state index is 0.237. The van der Waals surface area contributed by atoms with Gasteiger partial charge in [-0.1, -0.05) is 30.3 Å². The molecule has 22 heavy (non-hydrogen) atoms. The first-order chi connectivity index (χ1) is 10.6. The molecule has 6 nitrogen and oxygen atoms in total. The lowest BCUT2D eigenvalue weighted by Gasteiger charge is -2.20. The molecule has 0 radical (unpaired) electrons. The van der Waals surface area contributed by atoms with Gasteiger partial charge < -0.3 is 15.5 Å². The monoisotopic (exact) mass is 301 g/mol. The van der Waals surface area contributed by atoms with Crippen molar-refractivity contribution in [1.82, 2.24) is 10.6 Å². The zero-order valence-electron chi connectivity index (χ0n) is 12.3. The zero-order valence-corrected chi connectivity index (χ0v) is 12.3. The molecule has 1 aromatic heterocycles. The van der Waals surface area contributed by atoms with Gasteiger partial charge in [-0.25, -0.2) is 0 Å². The summed E-state index contributed by atoms with van der Waals surface area (Å²) in [4.78, 5) is 23.7. The van der Waals surface area contributed by atoms with Crippen molar-refractivity contribution in [3.8, 4) is 0 Å². The summed E-state index contributed by atoms with van der Waals surface area (Å²) < 4.78 is 5.14. The van der Waals surface area contributed by atoms with Crippen molar-refractivity contribution < 1.29 is 14.0 Å². The fraction of sp³-hybridized carbons (Fsp3) is 0.250. The van der Waals surface area contributed by atoms with Crippen molar-refractivity contribution in [3.05, 3.63) is 60.1 Å². The average Bonchev–Trinajstić information content (AvgIpc) is 3.04. The maximum absolute atomic E-state index is 12.1. The number of hydrogen-bond acceptors (Lipinski definition) is 4. The Kier molecular flexibility index (Phi) is 5.32. The topological polar surface area (TPSA) is 97.4 Å². The van der Waals surface area contributed by atoms with Crippen LogP contribution in [0.25, 0.3) is 0 Å². The number of nitrogens with one attached hydrogen (secondary N) is 2. The Morgan fingerprint density at radius 3 is 2.50 bits per heavy atom. The second kappa shape index (κ2) is 7.42. The van der Waals surface area contributed by atoms with Crippen LogP contribution in [0.1, 0.15) is 24.3 Å². The molecule has 2 rings (SSSR count). The molecule has 1 heterocycles. The van der Waals surface area contributed by atoms with E-state index >= 15 is 0 Å². The van der Waals surface area contributed by atoms with E-state index in [1.165, 1.54) is 0 Å². The fourth-order valence-corrected chi connectivity index (χ4v) is 2.05. The lowest BCUT2D eigenvalue weighted by molar-refractivity contribution is -0.124. The molecule has 0 aliphatic rings. The van der Waals surface area contributed by atoms with Crippen LogP contribution >= 0.6 is 0 Å². The Bertz CT molecular complexity index is 611. The van der Waals surface area contributed by atoms with E-state index in [1.807, 2.05) is 18.2 Å². The number of carbonyl (C=O) groups is 2. The molecule has 0 aliphatic carbocycles. The van der Waals surface area contributed by atoms with Gasteiger partial charge in [-0.05, 0) is 24.6 Å². The first kappa shape index (κ1) is 15.8. The van der Waals surface area contributed by atoms with E-state index in [1.54, 1.807) is 37.5 Å². The molecule has 4 N–H and O–H groups in total. The van der Waals surface area contributed by atoms with Gasteiger partial charge in [-0.3, -0.25) is 14.9 Å². The van der Waals surface area contributed by atoms with Crippen molar-refractivity contribution in [2.24, 2.45) is 5.73 Å². The van der Waals surface area contributed by atoms with Crippen LogP contribution in [0.2, 0.25) is 0 Å². The summed E-state index contributed by atoms with van der Waals surface area (Å²) in [6.45, 7) is 1.97. The Morgan fingerprint density at radius 1 is 1.18 bits per heavy atom. The standard InChI is InChI=1S/C16H19N3O3/c1-11(16(21)18-10-13-8-5-9-22-13)19-14(15(17)20)12-6-3-2-4-7-12/h2-9,11,14,19H,10H2,1H3,(H2,17,20)(H,18,21)/t11-,14-/m1/s1. The van der Waals surface area contributed by atoms with E-state index in [4.69, 9.17) is 10.2 Å². The van der Waals surface area contributed by atoms with E-state index in [0.29, 0.717) is 12.3 Å². The van der Waals surface area contributed by atoms with Gasteiger partial charge in [-0.15, -0.1) is 0 Å². The van der Waals surface area contributed by atoms with E-state index in [2.05, 4.69) is 10.6 Å². The van der Waals surface area contributed by atoms with Gasteiger partial charge in [0.15, 0.2) is 0 Å². The van der Waals surface area contributed by atoms with Gasteiger partial charge in [0.25, 0.3) is 0 Å². The number of rotatable bonds is 7. The normalized spacial score (nSPS) is 13.3. The van der Waals surface area contributed by atoms with Crippen molar-refractivity contribution in [1.29, 1.82) is 0 Å². The number of benzene rings is 1. The molecule has 0 aliphatic heterocycles. The van der Waals surface area contributed by atoms with Gasteiger partial charge in [-0.2, -0.15) is 0 Å². The SMILES string of the molecule is C[C@@H](N[C@@H](C(N)=O)c1ccccc1)C(=O)NCc1ccco1. The summed E-state index contributed by atoms with van der Waals surface area (Å²) in [6, 6.07) is 11.3. The van der Waals surface area contributed by atoms with E-state index in [0.717, 1.165) is 5.56 Å². The zero-order chi connectivity index (χ0) is 15.9. The lowest BCUT2D eigenvalue weighted by atomic mass is 10.1. The lowest BCUT2D eigenvalue weighted by Crippen LogP contribution is -2.46. The predicted molar refractivity (Wildman–Crippen MR) is 81.5 cm³/mol. The Morgan fingerprint density at radius 2 is 1.91 bits per heavy atom. The average molecular weight is 301 g/mol. The second-order valence-electron chi connectivity index (χ2n) is 4.93. The molecule has 2 aromatic rings. The van der Waals surface area contributed by atoms with Crippen LogP contribution in [0.15, 0.2) is 53.1 Å². The molecule has 2 atom stereocenters. The van der Waals surface area contributed by atoms with Crippen LogP contribution in [0.3, 0.4) is 0 Å². The van der Waals surface area contributed by atoms with Crippen LogP contribution in [0.5, 0.6) is 0 Å². The van der Waals surface area contributed by atoms with Crippen LogP contribution in [-0.2, 0) is 16.1 Å². The van der Waals surface area contributed by atoms with Crippen LogP contribution in [-0.4, -0.2) is 17.9 Å². The highest BCUT2D eigenvalue weighted by Gasteiger charge is 2.23. The molecular formula is C16H19N3O3. The summed E-state index contributed by atoms with van der Waals surface area (Å²) in [5, 5.41) is 5.68. The third kappa shape index (κ3) is 4.20. The molecule has 0 bridgehead atoms. The second-order valence-corrected chi connectivity index (χ2v) is 4.93. The molecule has 0 saturated carbocycles. The molecule has 0 unspecified atom stereocenters. The van der Waals surface area contributed by atoms with Crippen LogP contribution < -0.4 is 16.4 Å². The molecular weight excluding hydrogens is 282 g/mol. The first-order valence-corrected chi connectivity index (χ1v) is 6.98. The smallest absolute Gasteiger partial charge is 0.239 e. The summed E-state index contributed by atoms with van der Waals surface area (Å²) in [6.07, 6.45) is 1.54. The number of hydrogen-bond donors (Lipinski definition) is 3. The highest BCUT2D eigenvalue weighted by atomic mass is 16.3. The Hall–Kier alpha value is -2.60. The van der Waals surface area contributed by atoms with E-state index < -0.39 is 18.0 Å². The summed E-state index contributed by atoms with van der Waals surface area (Å²) in [5.41, 5.74) is 6.14. The minimum Gasteiger partial charge on any atom is -0.467 e. The first-order valence-electron chi connectivity index (χ1n) is 6.98. The number of carbonyl (C=O) groups excluding carboxylic acids is 2. The number of amides is 2. The third-order valence-corrected chi connectivity index (χ3v) is 3.24. The Balaban J connectivity index is 1.94. The Labute approximate surface area is 128 Å². The molecule has 2 amide bonds. The number of nitrogens with two attached hydrogens (primary N) is 1. The van der Waals surface area contributed by atoms with Crippen molar-refractivity contribution in [2.75, 3.05) is 0 Å². The molecule has 0 saturated heterocycles. The van der Waals surface area contributed by atoms with Crippen molar-refractivity contribution in [3.63, 3.8) is 0 Å². The molecule has 1 aromatic carbocycles. The quantitative estimate of drug-likeness (QED) is 0.713. The maximum Gasteiger partial charge on any atom is 0.239 e. The fourth-order valence-electron chi connectivity index (χ4n) is 2.05. The van der Waals surface area contributed by atoms with Crippen LogP contribution in [0.4, 0.5) is 0 Å². The van der Waals surface area contributed by atoms with Crippen molar-refractivity contribution in [2.45, 2.75) is 25.6 Å². The third-order valence-electron chi connectivity index (χ3n) is 3.24. The van der Waals surface area contributed by atoms with Crippen LogP contribution in [0, 0.1) is 0 Å².